The van der Waals surface area contributed by atoms with E-state index in [1.54, 1.807) is 0 Å². The number of hydrogen-bond acceptors (Lipinski definition) is 5. The molecule has 3 fully saturated rings. The van der Waals surface area contributed by atoms with Gasteiger partial charge in [-0.15, -0.1) is 0 Å². The highest BCUT2D eigenvalue weighted by molar-refractivity contribution is 5.77. The van der Waals surface area contributed by atoms with Gasteiger partial charge in [0, 0.05) is 0 Å². The molecule has 0 aromatic heterocycles. The number of hydrogen-bond donors (Lipinski definition) is 0. The molecule has 0 aromatic carbocycles. The van der Waals surface area contributed by atoms with Crippen LogP contribution in [0.25, 0.3) is 0 Å². The molecular weight excluding hydrogens is 260 g/mol. The summed E-state index contributed by atoms with van der Waals surface area (Å²) >= 11 is 0. The third-order valence-corrected chi connectivity index (χ3v) is 5.17. The summed E-state index contributed by atoms with van der Waals surface area (Å²) in [7, 11) is 0. The predicted octanol–water partition coefficient (Wildman–Crippen LogP) is 1.68. The van der Waals surface area contributed by atoms with Crippen LogP contribution in [0.5, 0.6) is 0 Å². The first-order valence-electron chi connectivity index (χ1n) is 7.42. The van der Waals surface area contributed by atoms with Crippen LogP contribution in [0.3, 0.4) is 0 Å². The summed E-state index contributed by atoms with van der Waals surface area (Å²) < 4.78 is 16.8. The van der Waals surface area contributed by atoms with Gasteiger partial charge in [-0.3, -0.25) is 9.59 Å². The minimum absolute atomic E-state index is 0.0195. The Balaban J connectivity index is 1.69. The van der Waals surface area contributed by atoms with Crippen LogP contribution in [0.15, 0.2) is 0 Å². The van der Waals surface area contributed by atoms with E-state index >= 15 is 0 Å². The minimum atomic E-state index is -0.484. The average molecular weight is 282 g/mol. The van der Waals surface area contributed by atoms with Crippen LogP contribution < -0.4 is 0 Å². The van der Waals surface area contributed by atoms with E-state index in [4.69, 9.17) is 14.2 Å². The number of esters is 2. The van der Waals surface area contributed by atoms with Crippen molar-refractivity contribution in [1.82, 2.24) is 0 Å². The Kier molecular flexibility index (Phi) is 3.08. The summed E-state index contributed by atoms with van der Waals surface area (Å²) in [4.78, 5) is 23.8. The lowest BCUT2D eigenvalue weighted by atomic mass is 9.79. The van der Waals surface area contributed by atoms with Gasteiger partial charge in [0.1, 0.15) is 18.3 Å². The Morgan fingerprint density at radius 1 is 1.45 bits per heavy atom. The van der Waals surface area contributed by atoms with Gasteiger partial charge in [0.15, 0.2) is 0 Å². The van der Waals surface area contributed by atoms with Crippen molar-refractivity contribution in [2.75, 3.05) is 0 Å². The summed E-state index contributed by atoms with van der Waals surface area (Å²) in [5, 5.41) is 0. The van der Waals surface area contributed by atoms with Crippen LogP contribution in [-0.4, -0.2) is 36.4 Å². The second kappa shape index (κ2) is 4.45. The number of ether oxygens (including phenoxy) is 3. The fourth-order valence-corrected chi connectivity index (χ4v) is 3.44. The molecule has 0 radical (unpaired) electrons. The molecule has 3 aliphatic heterocycles. The summed E-state index contributed by atoms with van der Waals surface area (Å²) in [6, 6.07) is 0. The predicted molar refractivity (Wildman–Crippen MR) is 69.8 cm³/mol. The molecule has 20 heavy (non-hydrogen) atoms. The van der Waals surface area contributed by atoms with Gasteiger partial charge in [-0.1, -0.05) is 6.92 Å². The summed E-state index contributed by atoms with van der Waals surface area (Å²) in [6.07, 6.45) is 0.751. The maximum Gasteiger partial charge on any atom is 0.312 e. The first-order chi connectivity index (χ1) is 9.35. The topological polar surface area (TPSA) is 61.8 Å². The van der Waals surface area contributed by atoms with E-state index in [2.05, 4.69) is 0 Å². The number of fused-ring (bicyclic) bond motifs is 1. The Morgan fingerprint density at radius 3 is 2.80 bits per heavy atom. The largest absolute Gasteiger partial charge is 0.462 e. The molecule has 6 unspecified atom stereocenters. The number of carbonyl (C=O) groups excluding carboxylic acids is 2. The highest BCUT2D eigenvalue weighted by Gasteiger charge is 2.65. The lowest BCUT2D eigenvalue weighted by Crippen LogP contribution is -2.42. The van der Waals surface area contributed by atoms with Crippen molar-refractivity contribution < 1.29 is 23.8 Å². The van der Waals surface area contributed by atoms with E-state index in [0.717, 1.165) is 6.42 Å². The van der Waals surface area contributed by atoms with Crippen molar-refractivity contribution >= 4 is 11.9 Å². The van der Waals surface area contributed by atoms with Crippen molar-refractivity contribution in [2.24, 2.45) is 17.3 Å². The summed E-state index contributed by atoms with van der Waals surface area (Å²) in [5.41, 5.74) is -0.484. The first-order valence-corrected chi connectivity index (χ1v) is 7.42. The van der Waals surface area contributed by atoms with Crippen molar-refractivity contribution in [2.45, 2.75) is 65.0 Å². The Labute approximate surface area is 118 Å². The molecule has 0 saturated carbocycles. The fraction of sp³-hybridized carbons (Fsp3) is 0.867. The third-order valence-electron chi connectivity index (χ3n) is 5.17. The lowest BCUT2D eigenvalue weighted by Gasteiger charge is -2.30. The molecule has 0 aromatic rings. The average Bonchev–Trinajstić information content (AvgIpc) is 2.99. The highest BCUT2D eigenvalue weighted by atomic mass is 16.6. The molecule has 3 heterocycles. The van der Waals surface area contributed by atoms with Gasteiger partial charge in [0.2, 0.25) is 0 Å². The van der Waals surface area contributed by atoms with Gasteiger partial charge in [-0.2, -0.15) is 0 Å². The van der Waals surface area contributed by atoms with Gasteiger partial charge in [0.05, 0.1) is 23.4 Å². The maximum atomic E-state index is 12.2. The monoisotopic (exact) mass is 282 g/mol. The molecule has 0 amide bonds. The van der Waals surface area contributed by atoms with E-state index in [9.17, 15) is 9.59 Å². The highest BCUT2D eigenvalue weighted by Crippen LogP contribution is 2.51. The van der Waals surface area contributed by atoms with Crippen LogP contribution in [0.4, 0.5) is 0 Å². The number of rotatable bonds is 4. The van der Waals surface area contributed by atoms with Gasteiger partial charge in [0.25, 0.3) is 0 Å². The Morgan fingerprint density at radius 2 is 2.15 bits per heavy atom. The van der Waals surface area contributed by atoms with E-state index in [0.29, 0.717) is 6.42 Å². The zero-order valence-corrected chi connectivity index (χ0v) is 12.4. The van der Waals surface area contributed by atoms with Gasteiger partial charge in [-0.25, -0.2) is 0 Å². The SMILES string of the molecule is CCC(C)(C)C(=O)OC(C)C1C2CC3C(=O)OC1C3O2. The second-order valence-corrected chi connectivity index (χ2v) is 6.81. The van der Waals surface area contributed by atoms with E-state index in [1.807, 2.05) is 27.7 Å². The normalized spacial score (nSPS) is 39.8. The molecule has 5 heteroatoms. The lowest BCUT2D eigenvalue weighted by molar-refractivity contribution is -0.164. The van der Waals surface area contributed by atoms with Crippen LogP contribution in [0.1, 0.15) is 40.5 Å². The molecule has 2 bridgehead atoms. The van der Waals surface area contributed by atoms with Crippen LogP contribution in [-0.2, 0) is 23.8 Å². The van der Waals surface area contributed by atoms with Crippen molar-refractivity contribution in [3.8, 4) is 0 Å². The van der Waals surface area contributed by atoms with Crippen molar-refractivity contribution in [3.63, 3.8) is 0 Å². The Hall–Kier alpha value is -1.10. The minimum Gasteiger partial charge on any atom is -0.462 e. The molecule has 112 valence electrons. The van der Waals surface area contributed by atoms with Gasteiger partial charge < -0.3 is 14.2 Å². The fourth-order valence-electron chi connectivity index (χ4n) is 3.44. The molecular formula is C15H22O5. The quantitative estimate of drug-likeness (QED) is 0.734. The van der Waals surface area contributed by atoms with E-state index in [1.165, 1.54) is 0 Å². The number of carbonyl (C=O) groups is 2. The van der Waals surface area contributed by atoms with E-state index < -0.39 is 5.41 Å². The summed E-state index contributed by atoms with van der Waals surface area (Å²) in [6.45, 7) is 7.60. The third kappa shape index (κ3) is 1.86. The van der Waals surface area contributed by atoms with Gasteiger partial charge >= 0.3 is 11.9 Å². The zero-order chi connectivity index (χ0) is 14.7. The van der Waals surface area contributed by atoms with Crippen LogP contribution in [0, 0.1) is 17.3 Å². The molecule has 5 nitrogen and oxygen atoms in total. The van der Waals surface area contributed by atoms with Gasteiger partial charge in [-0.05, 0) is 33.6 Å². The van der Waals surface area contributed by atoms with Crippen molar-refractivity contribution in [3.05, 3.63) is 0 Å². The molecule has 3 aliphatic rings. The molecule has 3 saturated heterocycles. The zero-order valence-electron chi connectivity index (χ0n) is 12.4. The van der Waals surface area contributed by atoms with E-state index in [-0.39, 0.29) is 48.2 Å². The van der Waals surface area contributed by atoms with Crippen molar-refractivity contribution in [1.29, 1.82) is 0 Å². The molecule has 0 N–H and O–H groups in total. The standard InChI is InChI=1S/C15H22O5/c1-5-15(3,4)14(17)18-7(2)10-9-6-8-11(19-9)12(10)20-13(8)16/h7-12H,5-6H2,1-4H3. The Bertz CT molecular complexity index is 444. The van der Waals surface area contributed by atoms with Crippen LogP contribution in [0.2, 0.25) is 0 Å². The molecule has 6 atom stereocenters. The van der Waals surface area contributed by atoms with Crippen LogP contribution >= 0.6 is 0 Å². The maximum absolute atomic E-state index is 12.2. The molecule has 0 spiro atoms. The molecule has 3 rings (SSSR count). The first kappa shape index (κ1) is 13.9. The smallest absolute Gasteiger partial charge is 0.312 e. The second-order valence-electron chi connectivity index (χ2n) is 6.81. The summed E-state index contributed by atoms with van der Waals surface area (Å²) in [5.74, 6) is -0.482. The molecule has 0 aliphatic carbocycles.